The second-order valence-corrected chi connectivity index (χ2v) is 4.01. The van der Waals surface area contributed by atoms with Gasteiger partial charge < -0.3 is 5.73 Å². The lowest BCUT2D eigenvalue weighted by Crippen LogP contribution is -1.99. The number of nitrogens with one attached hydrogen (secondary N) is 1. The van der Waals surface area contributed by atoms with E-state index in [0.717, 1.165) is 12.2 Å². The summed E-state index contributed by atoms with van der Waals surface area (Å²) < 4.78 is 0. The number of hydrogen-bond donors (Lipinski definition) is 2. The van der Waals surface area contributed by atoms with Crippen LogP contribution in [0.4, 0.5) is 0 Å². The van der Waals surface area contributed by atoms with Crippen LogP contribution in [0, 0.1) is 13.8 Å². The van der Waals surface area contributed by atoms with Crippen molar-refractivity contribution >= 4 is 0 Å². The minimum Gasteiger partial charge on any atom is -0.324 e. The molecule has 4 nitrogen and oxygen atoms in total. The van der Waals surface area contributed by atoms with E-state index in [2.05, 4.69) is 47.2 Å². The van der Waals surface area contributed by atoms with Gasteiger partial charge in [0, 0.05) is 6.42 Å². The van der Waals surface area contributed by atoms with Gasteiger partial charge in [-0.25, -0.2) is 4.98 Å². The van der Waals surface area contributed by atoms with Crippen molar-refractivity contribution in [3.05, 3.63) is 46.5 Å². The van der Waals surface area contributed by atoms with Crippen LogP contribution in [0.15, 0.2) is 18.2 Å². The Morgan fingerprint density at radius 2 is 2.12 bits per heavy atom. The number of rotatable bonds is 3. The fourth-order valence-corrected chi connectivity index (χ4v) is 1.68. The molecule has 0 unspecified atom stereocenters. The molecule has 0 atom stereocenters. The van der Waals surface area contributed by atoms with Crippen molar-refractivity contribution in [3.63, 3.8) is 0 Å². The number of aromatic amines is 1. The van der Waals surface area contributed by atoms with E-state index < -0.39 is 0 Å². The number of nitrogens with two attached hydrogens (primary N) is 1. The molecule has 2 rings (SSSR count). The highest BCUT2D eigenvalue weighted by Crippen LogP contribution is 2.13. The lowest BCUT2D eigenvalue weighted by atomic mass is 10.0. The van der Waals surface area contributed by atoms with E-state index in [1.165, 1.54) is 16.7 Å². The van der Waals surface area contributed by atoms with E-state index in [1.807, 2.05) is 0 Å². The maximum atomic E-state index is 5.47. The molecule has 16 heavy (non-hydrogen) atoms. The van der Waals surface area contributed by atoms with E-state index in [0.29, 0.717) is 12.4 Å². The maximum Gasteiger partial charge on any atom is 0.164 e. The van der Waals surface area contributed by atoms with Crippen molar-refractivity contribution in [1.82, 2.24) is 15.2 Å². The summed E-state index contributed by atoms with van der Waals surface area (Å²) in [6.07, 6.45) is 0.778. The Morgan fingerprint density at radius 1 is 1.31 bits per heavy atom. The SMILES string of the molecule is Cc1ccc(C)c(Cc2nc(CN)n[nH]2)c1. The predicted octanol–water partition coefficient (Wildman–Crippen LogP) is 1.47. The first-order valence-electron chi connectivity index (χ1n) is 5.35. The molecule has 0 fully saturated rings. The molecule has 0 saturated heterocycles. The molecule has 1 heterocycles. The summed E-state index contributed by atoms with van der Waals surface area (Å²) in [5, 5.41) is 6.93. The minimum atomic E-state index is 0.378. The van der Waals surface area contributed by atoms with Gasteiger partial charge in [-0.1, -0.05) is 23.8 Å². The highest BCUT2D eigenvalue weighted by molar-refractivity contribution is 5.32. The molecule has 0 aliphatic carbocycles. The zero-order valence-corrected chi connectivity index (χ0v) is 9.62. The van der Waals surface area contributed by atoms with Gasteiger partial charge >= 0.3 is 0 Å². The second kappa shape index (κ2) is 4.45. The minimum absolute atomic E-state index is 0.378. The zero-order chi connectivity index (χ0) is 11.5. The first-order valence-corrected chi connectivity index (χ1v) is 5.35. The third-order valence-corrected chi connectivity index (χ3v) is 2.62. The lowest BCUT2D eigenvalue weighted by Gasteiger charge is -2.04. The molecular formula is C12H16N4. The monoisotopic (exact) mass is 216 g/mol. The first-order chi connectivity index (χ1) is 7.69. The topological polar surface area (TPSA) is 67.6 Å². The number of benzene rings is 1. The van der Waals surface area contributed by atoms with Gasteiger partial charge in [-0.3, -0.25) is 5.10 Å². The molecule has 0 aliphatic rings. The van der Waals surface area contributed by atoms with E-state index >= 15 is 0 Å². The van der Waals surface area contributed by atoms with Gasteiger partial charge in [-0.15, -0.1) is 0 Å². The summed E-state index contributed by atoms with van der Waals surface area (Å²) in [5.74, 6) is 1.54. The van der Waals surface area contributed by atoms with Gasteiger partial charge in [0.15, 0.2) is 5.82 Å². The van der Waals surface area contributed by atoms with E-state index in [4.69, 9.17) is 5.73 Å². The van der Waals surface area contributed by atoms with Crippen molar-refractivity contribution in [2.45, 2.75) is 26.8 Å². The highest BCUT2D eigenvalue weighted by atomic mass is 15.2. The summed E-state index contributed by atoms with van der Waals surface area (Å²) in [7, 11) is 0. The zero-order valence-electron chi connectivity index (χ0n) is 9.62. The fourth-order valence-electron chi connectivity index (χ4n) is 1.68. The molecule has 1 aromatic carbocycles. The van der Waals surface area contributed by atoms with E-state index in [-0.39, 0.29) is 0 Å². The van der Waals surface area contributed by atoms with E-state index in [9.17, 15) is 0 Å². The van der Waals surface area contributed by atoms with Crippen LogP contribution in [0.2, 0.25) is 0 Å². The number of aryl methyl sites for hydroxylation is 2. The average molecular weight is 216 g/mol. The standard InChI is InChI=1S/C12H16N4/c1-8-3-4-9(2)10(5-8)6-11-14-12(7-13)16-15-11/h3-5H,6-7,13H2,1-2H3,(H,14,15,16). The van der Waals surface area contributed by atoms with Crippen molar-refractivity contribution in [2.75, 3.05) is 0 Å². The Bertz CT molecular complexity index is 488. The maximum absolute atomic E-state index is 5.47. The molecule has 0 spiro atoms. The van der Waals surface area contributed by atoms with Crippen molar-refractivity contribution in [3.8, 4) is 0 Å². The van der Waals surface area contributed by atoms with Gasteiger partial charge in [0.1, 0.15) is 5.82 Å². The van der Waals surface area contributed by atoms with Crippen LogP contribution in [0.25, 0.3) is 0 Å². The molecule has 84 valence electrons. The van der Waals surface area contributed by atoms with Gasteiger partial charge in [0.2, 0.25) is 0 Å². The quantitative estimate of drug-likeness (QED) is 0.816. The molecular weight excluding hydrogens is 200 g/mol. The fraction of sp³-hybridized carbons (Fsp3) is 0.333. The highest BCUT2D eigenvalue weighted by Gasteiger charge is 2.05. The van der Waals surface area contributed by atoms with Crippen molar-refractivity contribution in [2.24, 2.45) is 5.73 Å². The Hall–Kier alpha value is -1.68. The number of hydrogen-bond acceptors (Lipinski definition) is 3. The Labute approximate surface area is 94.9 Å². The lowest BCUT2D eigenvalue weighted by molar-refractivity contribution is 0.916. The molecule has 0 bridgehead atoms. The Kier molecular flexibility index (Phi) is 3.01. The summed E-state index contributed by atoms with van der Waals surface area (Å²) in [6.45, 7) is 4.58. The molecule has 0 saturated carbocycles. The molecule has 0 aliphatic heterocycles. The van der Waals surface area contributed by atoms with E-state index in [1.54, 1.807) is 0 Å². The summed E-state index contributed by atoms with van der Waals surface area (Å²) in [4.78, 5) is 4.30. The third-order valence-electron chi connectivity index (χ3n) is 2.62. The summed E-state index contributed by atoms with van der Waals surface area (Å²) >= 11 is 0. The van der Waals surface area contributed by atoms with Gasteiger partial charge in [0.25, 0.3) is 0 Å². The van der Waals surface area contributed by atoms with Crippen LogP contribution in [0.5, 0.6) is 0 Å². The number of H-pyrrole nitrogens is 1. The van der Waals surface area contributed by atoms with Crippen LogP contribution in [0.3, 0.4) is 0 Å². The predicted molar refractivity (Wildman–Crippen MR) is 63.0 cm³/mol. The number of aromatic nitrogens is 3. The Morgan fingerprint density at radius 3 is 2.81 bits per heavy atom. The normalized spacial score (nSPS) is 10.7. The van der Waals surface area contributed by atoms with Gasteiger partial charge in [-0.2, -0.15) is 5.10 Å². The van der Waals surface area contributed by atoms with Crippen LogP contribution < -0.4 is 5.73 Å². The third kappa shape index (κ3) is 2.28. The van der Waals surface area contributed by atoms with Gasteiger partial charge in [0.05, 0.1) is 6.54 Å². The summed E-state index contributed by atoms with van der Waals surface area (Å²) in [5.41, 5.74) is 9.28. The largest absolute Gasteiger partial charge is 0.324 e. The first kappa shape index (κ1) is 10.8. The van der Waals surface area contributed by atoms with Gasteiger partial charge in [-0.05, 0) is 25.0 Å². The van der Waals surface area contributed by atoms with Crippen LogP contribution in [0.1, 0.15) is 28.3 Å². The smallest absolute Gasteiger partial charge is 0.164 e. The van der Waals surface area contributed by atoms with Crippen LogP contribution >= 0.6 is 0 Å². The molecule has 3 N–H and O–H groups in total. The molecule has 1 aromatic heterocycles. The average Bonchev–Trinajstić information content (AvgIpc) is 2.71. The van der Waals surface area contributed by atoms with Crippen LogP contribution in [-0.2, 0) is 13.0 Å². The molecule has 4 heteroatoms. The molecule has 2 aromatic rings. The van der Waals surface area contributed by atoms with Crippen LogP contribution in [-0.4, -0.2) is 15.2 Å². The van der Waals surface area contributed by atoms with Crippen molar-refractivity contribution in [1.29, 1.82) is 0 Å². The number of nitrogens with zero attached hydrogens (tertiary/aromatic N) is 2. The van der Waals surface area contributed by atoms with Crippen molar-refractivity contribution < 1.29 is 0 Å². The second-order valence-electron chi connectivity index (χ2n) is 4.01. The Balaban J connectivity index is 2.22. The summed E-state index contributed by atoms with van der Waals surface area (Å²) in [6, 6.07) is 6.43. The molecule has 0 radical (unpaired) electrons. The molecule has 0 amide bonds.